The summed E-state index contributed by atoms with van der Waals surface area (Å²) in [4.78, 5) is 35.2. The Bertz CT molecular complexity index is 767. The number of nitrogens with one attached hydrogen (secondary N) is 3. The van der Waals surface area contributed by atoms with Gasteiger partial charge in [-0.1, -0.05) is 25.1 Å². The van der Waals surface area contributed by atoms with Gasteiger partial charge in [0.25, 0.3) is 5.56 Å². The molecule has 2 aromatic rings. The van der Waals surface area contributed by atoms with Crippen molar-refractivity contribution < 1.29 is 14.7 Å². The standard InChI is InChI=1S/C15H18N4O4/c1-2-9(8-20)17-15(23)14(22)16-7-12-10-5-3-4-6-11(10)13(21)19-18-12/h3-6,9,20H,2,7-8H2,1H3,(H,16,22)(H,17,23)(H,19,21). The highest BCUT2D eigenvalue weighted by Gasteiger charge is 2.17. The Kier molecular flexibility index (Phi) is 5.42. The summed E-state index contributed by atoms with van der Waals surface area (Å²) in [5.41, 5.74) is 0.137. The van der Waals surface area contributed by atoms with Gasteiger partial charge in [-0.2, -0.15) is 5.10 Å². The van der Waals surface area contributed by atoms with E-state index < -0.39 is 17.9 Å². The number of hydrogen-bond acceptors (Lipinski definition) is 5. The van der Waals surface area contributed by atoms with Crippen LogP contribution in [0.15, 0.2) is 29.1 Å². The molecule has 1 atom stereocenters. The Hall–Kier alpha value is -2.74. The number of H-pyrrole nitrogens is 1. The molecule has 0 aliphatic heterocycles. The second kappa shape index (κ2) is 7.50. The predicted octanol–water partition coefficient (Wildman–Crippen LogP) is -0.574. The summed E-state index contributed by atoms with van der Waals surface area (Å²) in [6.07, 6.45) is 0.516. The number of rotatable bonds is 5. The fourth-order valence-electron chi connectivity index (χ4n) is 2.08. The van der Waals surface area contributed by atoms with Crippen LogP contribution in [0.2, 0.25) is 0 Å². The van der Waals surface area contributed by atoms with E-state index >= 15 is 0 Å². The van der Waals surface area contributed by atoms with Gasteiger partial charge in [-0.25, -0.2) is 5.10 Å². The summed E-state index contributed by atoms with van der Waals surface area (Å²) in [5, 5.41) is 21.2. The lowest BCUT2D eigenvalue weighted by molar-refractivity contribution is -0.139. The second-order valence-corrected chi connectivity index (χ2v) is 4.99. The first-order valence-corrected chi connectivity index (χ1v) is 7.22. The SMILES string of the molecule is CCC(CO)NC(=O)C(=O)NCc1n[nH]c(=O)c2ccccc12. The van der Waals surface area contributed by atoms with Gasteiger partial charge in [-0.3, -0.25) is 14.4 Å². The Morgan fingerprint density at radius 1 is 1.26 bits per heavy atom. The topological polar surface area (TPSA) is 124 Å². The minimum absolute atomic E-state index is 0.000532. The maximum atomic E-state index is 11.8. The van der Waals surface area contributed by atoms with Crippen LogP contribution in [0.3, 0.4) is 0 Å². The average Bonchev–Trinajstić information content (AvgIpc) is 2.58. The lowest BCUT2D eigenvalue weighted by atomic mass is 10.1. The van der Waals surface area contributed by atoms with E-state index in [1.54, 1.807) is 31.2 Å². The van der Waals surface area contributed by atoms with Crippen molar-refractivity contribution in [3.63, 3.8) is 0 Å². The highest BCUT2D eigenvalue weighted by Crippen LogP contribution is 2.11. The van der Waals surface area contributed by atoms with Crippen molar-refractivity contribution in [2.75, 3.05) is 6.61 Å². The van der Waals surface area contributed by atoms with Gasteiger partial charge in [0.15, 0.2) is 0 Å². The van der Waals surface area contributed by atoms with Crippen LogP contribution in [-0.4, -0.2) is 39.8 Å². The number of nitrogens with zero attached hydrogens (tertiary/aromatic N) is 1. The number of carbonyl (C=O) groups excluding carboxylic acids is 2. The van der Waals surface area contributed by atoms with Crippen molar-refractivity contribution in [3.8, 4) is 0 Å². The smallest absolute Gasteiger partial charge is 0.309 e. The van der Waals surface area contributed by atoms with Gasteiger partial charge in [0.05, 0.1) is 30.3 Å². The van der Waals surface area contributed by atoms with Crippen LogP contribution in [0.25, 0.3) is 10.8 Å². The number of hydrogen-bond donors (Lipinski definition) is 4. The first-order chi connectivity index (χ1) is 11.1. The molecule has 8 heteroatoms. The summed E-state index contributed by atoms with van der Waals surface area (Å²) >= 11 is 0. The van der Waals surface area contributed by atoms with E-state index in [1.807, 2.05) is 0 Å². The van der Waals surface area contributed by atoms with Crippen molar-refractivity contribution in [2.24, 2.45) is 0 Å². The van der Waals surface area contributed by atoms with Gasteiger partial charge in [-0.15, -0.1) is 0 Å². The van der Waals surface area contributed by atoms with Crippen molar-refractivity contribution in [3.05, 3.63) is 40.3 Å². The predicted molar refractivity (Wildman–Crippen MR) is 83.5 cm³/mol. The summed E-state index contributed by atoms with van der Waals surface area (Å²) in [6.45, 7) is 1.55. The molecular formula is C15H18N4O4. The van der Waals surface area contributed by atoms with Gasteiger partial charge in [-0.05, 0) is 12.5 Å². The Labute approximate surface area is 131 Å². The van der Waals surface area contributed by atoms with E-state index in [1.165, 1.54) is 0 Å². The molecule has 122 valence electrons. The fourth-order valence-corrected chi connectivity index (χ4v) is 2.08. The molecule has 0 bridgehead atoms. The van der Waals surface area contributed by atoms with Crippen LogP contribution in [0.1, 0.15) is 19.0 Å². The van der Waals surface area contributed by atoms with E-state index in [9.17, 15) is 14.4 Å². The molecule has 2 rings (SSSR count). The molecule has 0 radical (unpaired) electrons. The Balaban J connectivity index is 2.07. The lowest BCUT2D eigenvalue weighted by Gasteiger charge is -2.13. The van der Waals surface area contributed by atoms with Crippen LogP contribution in [-0.2, 0) is 16.1 Å². The molecule has 1 heterocycles. The van der Waals surface area contributed by atoms with Crippen molar-refractivity contribution in [1.82, 2.24) is 20.8 Å². The van der Waals surface area contributed by atoms with Crippen LogP contribution < -0.4 is 16.2 Å². The number of amides is 2. The first kappa shape index (κ1) is 16.6. The number of carbonyl (C=O) groups is 2. The molecule has 0 fully saturated rings. The zero-order valence-electron chi connectivity index (χ0n) is 12.6. The van der Waals surface area contributed by atoms with E-state index in [0.29, 0.717) is 22.9 Å². The zero-order chi connectivity index (χ0) is 16.8. The number of aromatic nitrogens is 2. The van der Waals surface area contributed by atoms with Gasteiger partial charge < -0.3 is 15.7 Å². The van der Waals surface area contributed by atoms with Crippen molar-refractivity contribution >= 4 is 22.6 Å². The monoisotopic (exact) mass is 318 g/mol. The summed E-state index contributed by atoms with van der Waals surface area (Å²) in [7, 11) is 0. The minimum atomic E-state index is -0.825. The number of benzene rings is 1. The van der Waals surface area contributed by atoms with Crippen molar-refractivity contribution in [1.29, 1.82) is 0 Å². The maximum Gasteiger partial charge on any atom is 0.309 e. The molecule has 23 heavy (non-hydrogen) atoms. The minimum Gasteiger partial charge on any atom is -0.394 e. The Morgan fingerprint density at radius 3 is 2.61 bits per heavy atom. The highest BCUT2D eigenvalue weighted by molar-refractivity contribution is 6.35. The van der Waals surface area contributed by atoms with Crippen LogP contribution in [0, 0.1) is 0 Å². The van der Waals surface area contributed by atoms with Gasteiger partial charge in [0.1, 0.15) is 0 Å². The highest BCUT2D eigenvalue weighted by atomic mass is 16.3. The number of aliphatic hydroxyl groups excluding tert-OH is 1. The zero-order valence-corrected chi connectivity index (χ0v) is 12.6. The maximum absolute atomic E-state index is 11.8. The summed E-state index contributed by atoms with van der Waals surface area (Å²) in [5.74, 6) is -1.64. The van der Waals surface area contributed by atoms with Crippen LogP contribution in [0.5, 0.6) is 0 Å². The molecule has 0 saturated heterocycles. The molecule has 1 aromatic heterocycles. The molecule has 8 nitrogen and oxygen atoms in total. The van der Waals surface area contributed by atoms with Crippen LogP contribution >= 0.6 is 0 Å². The fraction of sp³-hybridized carbons (Fsp3) is 0.333. The number of aliphatic hydroxyl groups is 1. The normalized spacial score (nSPS) is 11.9. The molecule has 2 amide bonds. The molecule has 0 aliphatic rings. The third-order valence-corrected chi connectivity index (χ3v) is 3.45. The summed E-state index contributed by atoms with van der Waals surface area (Å²) in [6, 6.07) is 6.40. The largest absolute Gasteiger partial charge is 0.394 e. The first-order valence-electron chi connectivity index (χ1n) is 7.22. The van der Waals surface area contributed by atoms with E-state index in [0.717, 1.165) is 0 Å². The van der Waals surface area contributed by atoms with E-state index in [4.69, 9.17) is 5.11 Å². The molecule has 1 unspecified atom stereocenters. The van der Waals surface area contributed by atoms with Gasteiger partial charge >= 0.3 is 11.8 Å². The molecule has 0 spiro atoms. The second-order valence-electron chi connectivity index (χ2n) is 4.99. The molecule has 0 saturated carbocycles. The lowest BCUT2D eigenvalue weighted by Crippen LogP contribution is -2.45. The van der Waals surface area contributed by atoms with Crippen LogP contribution in [0.4, 0.5) is 0 Å². The molecule has 4 N–H and O–H groups in total. The van der Waals surface area contributed by atoms with Crippen molar-refractivity contribution in [2.45, 2.75) is 25.9 Å². The number of fused-ring (bicyclic) bond motifs is 1. The Morgan fingerprint density at radius 2 is 1.96 bits per heavy atom. The molecule has 1 aromatic carbocycles. The average molecular weight is 318 g/mol. The van der Waals surface area contributed by atoms with Gasteiger partial charge in [0, 0.05) is 5.39 Å². The number of aromatic amines is 1. The third-order valence-electron chi connectivity index (χ3n) is 3.45. The van der Waals surface area contributed by atoms with E-state index in [-0.39, 0.29) is 18.7 Å². The quantitative estimate of drug-likeness (QED) is 0.549. The molecule has 0 aliphatic carbocycles. The summed E-state index contributed by atoms with van der Waals surface area (Å²) < 4.78 is 0. The third kappa shape index (κ3) is 3.92. The van der Waals surface area contributed by atoms with E-state index in [2.05, 4.69) is 20.8 Å². The van der Waals surface area contributed by atoms with Gasteiger partial charge in [0.2, 0.25) is 0 Å². The molecular weight excluding hydrogens is 300 g/mol.